The molecule has 146 valence electrons. The molecule has 3 rings (SSSR count). The molecule has 8 heteroatoms. The number of aryl methyl sites for hydroxylation is 1. The lowest BCUT2D eigenvalue weighted by Gasteiger charge is -2.15. The van der Waals surface area contributed by atoms with E-state index in [1.54, 1.807) is 12.1 Å². The molecule has 0 aliphatic carbocycles. The number of nitrogens with zero attached hydrogens (tertiary/aromatic N) is 2. The van der Waals surface area contributed by atoms with E-state index in [1.807, 2.05) is 44.2 Å². The summed E-state index contributed by atoms with van der Waals surface area (Å²) in [6.45, 7) is 3.69. The van der Waals surface area contributed by atoms with Crippen LogP contribution in [0.3, 0.4) is 0 Å². The molecule has 0 saturated carbocycles. The fourth-order valence-electron chi connectivity index (χ4n) is 2.56. The molecule has 1 unspecified atom stereocenters. The molecule has 2 aromatic carbocycles. The van der Waals surface area contributed by atoms with E-state index in [-0.39, 0.29) is 12.6 Å². The number of hydrogen-bond acceptors (Lipinski definition) is 7. The van der Waals surface area contributed by atoms with Crippen LogP contribution in [-0.4, -0.2) is 29.8 Å². The maximum absolute atomic E-state index is 11.0. The first kappa shape index (κ1) is 19.2. The van der Waals surface area contributed by atoms with Gasteiger partial charge in [-0.3, -0.25) is 4.79 Å². The lowest BCUT2D eigenvalue weighted by Crippen LogP contribution is -2.20. The van der Waals surface area contributed by atoms with Crippen molar-refractivity contribution in [1.29, 1.82) is 0 Å². The summed E-state index contributed by atoms with van der Waals surface area (Å²) in [5.41, 5.74) is 7.90. The molecule has 0 radical (unpaired) electrons. The number of rotatable bonds is 8. The summed E-state index contributed by atoms with van der Waals surface area (Å²) in [6.07, 6.45) is 0. The van der Waals surface area contributed by atoms with E-state index in [1.165, 1.54) is 7.11 Å². The van der Waals surface area contributed by atoms with Crippen LogP contribution in [0.4, 0.5) is 5.69 Å². The number of hydrogen-bond donors (Lipinski definition) is 2. The third-order valence-electron chi connectivity index (χ3n) is 4.03. The largest absolute Gasteiger partial charge is 0.493 e. The highest BCUT2D eigenvalue weighted by molar-refractivity contribution is 5.75. The van der Waals surface area contributed by atoms with Gasteiger partial charge in [-0.2, -0.15) is 0 Å². The molecular formula is C20H22N4O4. The van der Waals surface area contributed by atoms with Crippen LogP contribution in [-0.2, 0) is 4.79 Å². The second-order valence-electron chi connectivity index (χ2n) is 6.30. The molecule has 0 fully saturated rings. The van der Waals surface area contributed by atoms with E-state index >= 15 is 0 Å². The van der Waals surface area contributed by atoms with Crippen molar-refractivity contribution in [1.82, 2.24) is 10.2 Å². The highest BCUT2D eigenvalue weighted by Gasteiger charge is 2.16. The third-order valence-corrected chi connectivity index (χ3v) is 4.03. The van der Waals surface area contributed by atoms with Gasteiger partial charge in [-0.25, -0.2) is 0 Å². The zero-order valence-electron chi connectivity index (χ0n) is 15.9. The molecule has 3 N–H and O–H groups in total. The average Bonchev–Trinajstić information content (AvgIpc) is 3.17. The fraction of sp³-hybridized carbons (Fsp3) is 0.250. The summed E-state index contributed by atoms with van der Waals surface area (Å²) >= 11 is 0. The van der Waals surface area contributed by atoms with Gasteiger partial charge in [0.25, 0.3) is 5.91 Å². The van der Waals surface area contributed by atoms with Crippen molar-refractivity contribution < 1.29 is 18.7 Å². The first-order chi connectivity index (χ1) is 13.5. The van der Waals surface area contributed by atoms with Crippen LogP contribution < -0.4 is 20.5 Å². The van der Waals surface area contributed by atoms with E-state index in [9.17, 15) is 4.79 Å². The van der Waals surface area contributed by atoms with Gasteiger partial charge in [0.05, 0.1) is 7.11 Å². The van der Waals surface area contributed by atoms with Gasteiger partial charge in [-0.1, -0.05) is 17.7 Å². The van der Waals surface area contributed by atoms with Crippen LogP contribution in [0.2, 0.25) is 0 Å². The number of ether oxygens (including phenoxy) is 2. The summed E-state index contributed by atoms with van der Waals surface area (Å²) in [5.74, 6) is 1.25. The number of primary amides is 1. The lowest BCUT2D eigenvalue weighted by molar-refractivity contribution is -0.119. The quantitative estimate of drug-likeness (QED) is 0.615. The van der Waals surface area contributed by atoms with E-state index in [4.69, 9.17) is 19.6 Å². The van der Waals surface area contributed by atoms with Gasteiger partial charge in [-0.05, 0) is 38.1 Å². The number of amides is 1. The Morgan fingerprint density at radius 2 is 1.93 bits per heavy atom. The molecule has 0 aliphatic heterocycles. The molecule has 0 bridgehead atoms. The van der Waals surface area contributed by atoms with Crippen LogP contribution in [0, 0.1) is 6.92 Å². The Morgan fingerprint density at radius 3 is 2.61 bits per heavy atom. The summed E-state index contributed by atoms with van der Waals surface area (Å²) in [7, 11) is 1.52. The lowest BCUT2D eigenvalue weighted by atomic mass is 10.1. The second-order valence-corrected chi connectivity index (χ2v) is 6.30. The van der Waals surface area contributed by atoms with Crippen LogP contribution in [0.1, 0.15) is 24.4 Å². The number of benzene rings is 2. The van der Waals surface area contributed by atoms with Gasteiger partial charge < -0.3 is 24.9 Å². The Hall–Kier alpha value is -3.55. The second kappa shape index (κ2) is 8.43. The fourth-order valence-corrected chi connectivity index (χ4v) is 2.56. The Morgan fingerprint density at radius 1 is 1.18 bits per heavy atom. The number of nitrogens with one attached hydrogen (secondary N) is 1. The van der Waals surface area contributed by atoms with Crippen molar-refractivity contribution in [3.8, 4) is 23.0 Å². The van der Waals surface area contributed by atoms with Gasteiger partial charge in [-0.15, -0.1) is 10.2 Å². The molecule has 1 aromatic heterocycles. The number of carbonyl (C=O) groups is 1. The van der Waals surface area contributed by atoms with Crippen LogP contribution >= 0.6 is 0 Å². The minimum absolute atomic E-state index is 0.237. The molecule has 3 aromatic rings. The Bertz CT molecular complexity index is 953. The van der Waals surface area contributed by atoms with Crippen molar-refractivity contribution in [2.75, 3.05) is 19.0 Å². The summed E-state index contributed by atoms with van der Waals surface area (Å²) in [4.78, 5) is 11.0. The predicted octanol–water partition coefficient (Wildman–Crippen LogP) is 3.09. The molecule has 0 aliphatic rings. The predicted molar refractivity (Wildman–Crippen MR) is 104 cm³/mol. The van der Waals surface area contributed by atoms with Crippen molar-refractivity contribution in [2.45, 2.75) is 19.9 Å². The minimum atomic E-state index is -0.566. The number of anilines is 1. The Labute approximate surface area is 162 Å². The van der Waals surface area contributed by atoms with Crippen molar-refractivity contribution in [3.63, 3.8) is 0 Å². The average molecular weight is 382 g/mol. The molecule has 8 nitrogen and oxygen atoms in total. The zero-order valence-corrected chi connectivity index (χ0v) is 15.9. The van der Waals surface area contributed by atoms with Gasteiger partial charge in [0, 0.05) is 17.3 Å². The normalized spacial score (nSPS) is 11.7. The standard InChI is InChI=1S/C20H22N4O4/c1-12-4-6-14(7-5-12)20-24-23-19(28-20)13(2)22-15-8-9-16(26-3)17(10-15)27-11-18(21)25/h4-10,13,22H,11H2,1-3H3,(H2,21,25). The van der Waals surface area contributed by atoms with Crippen LogP contribution in [0.5, 0.6) is 11.5 Å². The highest BCUT2D eigenvalue weighted by atomic mass is 16.5. The molecule has 1 heterocycles. The first-order valence-corrected chi connectivity index (χ1v) is 8.72. The third kappa shape index (κ3) is 4.59. The molecular weight excluding hydrogens is 360 g/mol. The first-order valence-electron chi connectivity index (χ1n) is 8.72. The molecule has 0 saturated heterocycles. The number of aromatic nitrogens is 2. The number of methoxy groups -OCH3 is 1. The number of nitrogens with two attached hydrogens (primary N) is 1. The zero-order chi connectivity index (χ0) is 20.1. The number of carbonyl (C=O) groups excluding carboxylic acids is 1. The maximum atomic E-state index is 11.0. The van der Waals surface area contributed by atoms with Gasteiger partial charge in [0.1, 0.15) is 6.04 Å². The monoisotopic (exact) mass is 382 g/mol. The van der Waals surface area contributed by atoms with Crippen molar-refractivity contribution in [2.24, 2.45) is 5.73 Å². The maximum Gasteiger partial charge on any atom is 0.255 e. The Kier molecular flexibility index (Phi) is 5.78. The summed E-state index contributed by atoms with van der Waals surface area (Å²) in [6, 6.07) is 12.9. The summed E-state index contributed by atoms with van der Waals surface area (Å²) in [5, 5.41) is 11.5. The van der Waals surface area contributed by atoms with E-state index in [2.05, 4.69) is 15.5 Å². The van der Waals surface area contributed by atoms with Gasteiger partial charge in [0.15, 0.2) is 18.1 Å². The molecule has 0 spiro atoms. The topological polar surface area (TPSA) is 112 Å². The molecule has 1 atom stereocenters. The molecule has 1 amide bonds. The van der Waals surface area contributed by atoms with Crippen molar-refractivity contribution in [3.05, 3.63) is 53.9 Å². The van der Waals surface area contributed by atoms with Gasteiger partial charge in [0.2, 0.25) is 11.8 Å². The van der Waals surface area contributed by atoms with Crippen LogP contribution in [0.15, 0.2) is 46.9 Å². The SMILES string of the molecule is COc1ccc(NC(C)c2nnc(-c3ccc(C)cc3)o2)cc1OCC(N)=O. The van der Waals surface area contributed by atoms with E-state index in [0.717, 1.165) is 16.8 Å². The van der Waals surface area contributed by atoms with Crippen LogP contribution in [0.25, 0.3) is 11.5 Å². The van der Waals surface area contributed by atoms with E-state index in [0.29, 0.717) is 23.3 Å². The van der Waals surface area contributed by atoms with Crippen molar-refractivity contribution >= 4 is 11.6 Å². The molecule has 28 heavy (non-hydrogen) atoms. The smallest absolute Gasteiger partial charge is 0.255 e. The summed E-state index contributed by atoms with van der Waals surface area (Å²) < 4.78 is 16.4. The highest BCUT2D eigenvalue weighted by Crippen LogP contribution is 2.32. The van der Waals surface area contributed by atoms with Gasteiger partial charge >= 0.3 is 0 Å². The Balaban J connectivity index is 1.74. The van der Waals surface area contributed by atoms with E-state index < -0.39 is 5.91 Å². The minimum Gasteiger partial charge on any atom is -0.493 e.